The molecule has 2 aliphatic heterocycles. The Morgan fingerprint density at radius 3 is 2.72 bits per heavy atom. The molecule has 4 atom stereocenters. The molecule has 2 aliphatic carbocycles. The average Bonchev–Trinajstić information content (AvgIpc) is 3.15. The molecule has 1 N–H and O–H groups in total. The van der Waals surface area contributed by atoms with Crippen LogP contribution in [0.5, 0.6) is 0 Å². The van der Waals surface area contributed by atoms with Gasteiger partial charge < -0.3 is 19.3 Å². The Morgan fingerprint density at radius 1 is 1.28 bits per heavy atom. The van der Waals surface area contributed by atoms with Crippen molar-refractivity contribution in [3.63, 3.8) is 0 Å². The Balaban J connectivity index is 1.57. The van der Waals surface area contributed by atoms with Gasteiger partial charge in [-0.1, -0.05) is 13.8 Å². The molecule has 134 valence electrons. The maximum Gasteiger partial charge on any atom is 0.338 e. The molecule has 1 fully saturated rings. The van der Waals surface area contributed by atoms with Crippen LogP contribution in [0, 0.1) is 11.3 Å². The molecule has 2 heterocycles. The van der Waals surface area contributed by atoms with E-state index < -0.39 is 24.3 Å². The van der Waals surface area contributed by atoms with Crippen LogP contribution in [0.1, 0.15) is 40.0 Å². The number of aliphatic hydroxyl groups excluding tert-OH is 1. The summed E-state index contributed by atoms with van der Waals surface area (Å²) in [5.74, 6) is -0.965. The van der Waals surface area contributed by atoms with Crippen molar-refractivity contribution >= 4 is 11.9 Å². The molecule has 0 saturated carbocycles. The van der Waals surface area contributed by atoms with Gasteiger partial charge in [-0.3, -0.25) is 0 Å². The number of hydrogen-bond acceptors (Lipinski definition) is 6. The van der Waals surface area contributed by atoms with Crippen LogP contribution in [0.2, 0.25) is 0 Å². The Labute approximate surface area is 146 Å². The highest BCUT2D eigenvalue weighted by molar-refractivity contribution is 5.92. The number of hydrogen-bond donors (Lipinski definition) is 1. The minimum atomic E-state index is -0.808. The Hall–Kier alpha value is -2.08. The summed E-state index contributed by atoms with van der Waals surface area (Å²) in [6.45, 7) is 5.92. The van der Waals surface area contributed by atoms with E-state index in [0.29, 0.717) is 17.6 Å². The first-order valence-electron chi connectivity index (χ1n) is 8.65. The largest absolute Gasteiger partial charge is 0.458 e. The normalized spacial score (nSPS) is 37.6. The number of rotatable bonds is 2. The van der Waals surface area contributed by atoms with Gasteiger partial charge in [0, 0.05) is 17.6 Å². The molecule has 0 aromatic heterocycles. The molecule has 0 aromatic carbocycles. The lowest BCUT2D eigenvalue weighted by atomic mass is 9.71. The summed E-state index contributed by atoms with van der Waals surface area (Å²) >= 11 is 0. The van der Waals surface area contributed by atoms with Crippen LogP contribution in [-0.4, -0.2) is 35.5 Å². The molecule has 1 saturated heterocycles. The third-order valence-corrected chi connectivity index (χ3v) is 5.74. The van der Waals surface area contributed by atoms with Crippen LogP contribution < -0.4 is 0 Å². The Morgan fingerprint density at radius 2 is 2.04 bits per heavy atom. The third-order valence-electron chi connectivity index (χ3n) is 5.74. The lowest BCUT2D eigenvalue weighted by molar-refractivity contribution is -0.152. The standard InChI is InChI=1S/C19H22O6/c1-9-6-14(24-17(9)21)23-8-12-10-7-11-13(20)4-5-19(2,3)15(11)16(10)25-18(12)22/h6,8,10,13-14,16,20H,4-5,7H2,1-3H3/b12-8+/t10-,13+,14+,16+/m0/s1. The topological polar surface area (TPSA) is 82.1 Å². The molecule has 0 unspecified atom stereocenters. The monoisotopic (exact) mass is 346 g/mol. The average molecular weight is 346 g/mol. The minimum absolute atomic E-state index is 0.0919. The van der Waals surface area contributed by atoms with Gasteiger partial charge in [0.1, 0.15) is 6.10 Å². The van der Waals surface area contributed by atoms with E-state index in [1.807, 2.05) is 0 Å². The lowest BCUT2D eigenvalue weighted by Gasteiger charge is -2.36. The highest BCUT2D eigenvalue weighted by Gasteiger charge is 2.53. The van der Waals surface area contributed by atoms with Crippen molar-refractivity contribution in [2.45, 2.75) is 58.5 Å². The predicted octanol–water partition coefficient (Wildman–Crippen LogP) is 2.14. The molecule has 25 heavy (non-hydrogen) atoms. The number of carbonyl (C=O) groups excluding carboxylic acids is 2. The number of cyclic esters (lactones) is 1. The highest BCUT2D eigenvalue weighted by Crippen LogP contribution is 2.54. The van der Waals surface area contributed by atoms with Crippen LogP contribution in [0.3, 0.4) is 0 Å². The summed E-state index contributed by atoms with van der Waals surface area (Å²) in [7, 11) is 0. The quantitative estimate of drug-likeness (QED) is 0.357. The van der Waals surface area contributed by atoms with Crippen LogP contribution >= 0.6 is 0 Å². The van der Waals surface area contributed by atoms with E-state index in [-0.39, 0.29) is 17.4 Å². The smallest absolute Gasteiger partial charge is 0.338 e. The molecular formula is C19H22O6. The number of aliphatic hydroxyl groups is 1. The predicted molar refractivity (Wildman–Crippen MR) is 86.8 cm³/mol. The van der Waals surface area contributed by atoms with Gasteiger partial charge in [0.05, 0.1) is 17.9 Å². The van der Waals surface area contributed by atoms with Crippen LogP contribution in [-0.2, 0) is 23.8 Å². The van der Waals surface area contributed by atoms with Gasteiger partial charge in [-0.05, 0) is 42.7 Å². The van der Waals surface area contributed by atoms with E-state index in [4.69, 9.17) is 14.2 Å². The zero-order chi connectivity index (χ0) is 17.9. The Kier molecular flexibility index (Phi) is 3.58. The summed E-state index contributed by atoms with van der Waals surface area (Å²) in [5.41, 5.74) is 2.91. The summed E-state index contributed by atoms with van der Waals surface area (Å²) in [5, 5.41) is 10.4. The van der Waals surface area contributed by atoms with Crippen molar-refractivity contribution < 1.29 is 28.9 Å². The first kappa shape index (κ1) is 16.4. The van der Waals surface area contributed by atoms with Crippen molar-refractivity contribution in [3.8, 4) is 0 Å². The maximum absolute atomic E-state index is 12.3. The van der Waals surface area contributed by atoms with E-state index in [1.54, 1.807) is 13.0 Å². The maximum atomic E-state index is 12.3. The van der Waals surface area contributed by atoms with Crippen molar-refractivity contribution in [2.75, 3.05) is 0 Å². The molecule has 0 spiro atoms. The molecular weight excluding hydrogens is 324 g/mol. The van der Waals surface area contributed by atoms with Crippen molar-refractivity contribution in [3.05, 3.63) is 34.6 Å². The molecule has 4 rings (SSSR count). The second-order valence-corrected chi connectivity index (χ2v) is 7.85. The fraction of sp³-hybridized carbons (Fsp3) is 0.579. The summed E-state index contributed by atoms with van der Waals surface area (Å²) < 4.78 is 16.1. The van der Waals surface area contributed by atoms with E-state index in [2.05, 4.69) is 13.8 Å². The van der Waals surface area contributed by atoms with Crippen molar-refractivity contribution in [1.29, 1.82) is 0 Å². The van der Waals surface area contributed by atoms with Crippen LogP contribution in [0.4, 0.5) is 0 Å². The van der Waals surface area contributed by atoms with Crippen molar-refractivity contribution in [2.24, 2.45) is 11.3 Å². The highest BCUT2D eigenvalue weighted by atomic mass is 16.7. The Bertz CT molecular complexity index is 741. The number of ether oxygens (including phenoxy) is 3. The third kappa shape index (κ3) is 2.51. The molecule has 0 bridgehead atoms. The zero-order valence-electron chi connectivity index (χ0n) is 14.6. The van der Waals surface area contributed by atoms with Crippen LogP contribution in [0.25, 0.3) is 0 Å². The first-order chi connectivity index (χ1) is 11.8. The fourth-order valence-corrected chi connectivity index (χ4v) is 4.38. The van der Waals surface area contributed by atoms with Gasteiger partial charge in [0.25, 0.3) is 6.29 Å². The van der Waals surface area contributed by atoms with Gasteiger partial charge >= 0.3 is 11.9 Å². The van der Waals surface area contributed by atoms with E-state index in [0.717, 1.165) is 24.0 Å². The number of fused-ring (bicyclic) bond motifs is 2. The van der Waals surface area contributed by atoms with Gasteiger partial charge in [-0.15, -0.1) is 0 Å². The molecule has 6 nitrogen and oxygen atoms in total. The molecule has 4 aliphatic rings. The summed E-state index contributed by atoms with van der Waals surface area (Å²) in [6, 6.07) is 0. The first-order valence-corrected chi connectivity index (χ1v) is 8.65. The van der Waals surface area contributed by atoms with Gasteiger partial charge in [0.15, 0.2) is 0 Å². The molecule has 0 amide bonds. The van der Waals surface area contributed by atoms with E-state index in [1.165, 1.54) is 6.26 Å². The van der Waals surface area contributed by atoms with E-state index >= 15 is 0 Å². The molecule has 6 heteroatoms. The summed E-state index contributed by atoms with van der Waals surface area (Å²) in [6.07, 6.45) is 3.53. The second-order valence-electron chi connectivity index (χ2n) is 7.85. The van der Waals surface area contributed by atoms with Gasteiger partial charge in [-0.25, -0.2) is 9.59 Å². The fourth-order valence-electron chi connectivity index (χ4n) is 4.38. The SMILES string of the molecule is CC1=C[C@H](O/C=C2/C(=O)O[C@H]3C4=C(C[C@@H]23)[C@H](O)CCC4(C)C)OC1=O. The zero-order valence-corrected chi connectivity index (χ0v) is 14.6. The molecule has 0 aromatic rings. The number of carbonyl (C=O) groups is 2. The van der Waals surface area contributed by atoms with Crippen LogP contribution in [0.15, 0.2) is 34.6 Å². The second kappa shape index (κ2) is 5.46. The molecule has 0 radical (unpaired) electrons. The lowest BCUT2D eigenvalue weighted by Crippen LogP contribution is -2.31. The summed E-state index contributed by atoms with van der Waals surface area (Å²) in [4.78, 5) is 23.7. The van der Waals surface area contributed by atoms with E-state index in [9.17, 15) is 14.7 Å². The number of esters is 2. The van der Waals surface area contributed by atoms with Crippen molar-refractivity contribution in [1.82, 2.24) is 0 Å². The van der Waals surface area contributed by atoms with Gasteiger partial charge in [-0.2, -0.15) is 0 Å². The van der Waals surface area contributed by atoms with Gasteiger partial charge in [0.2, 0.25) is 0 Å². The minimum Gasteiger partial charge on any atom is -0.458 e.